The van der Waals surface area contributed by atoms with Crippen molar-refractivity contribution in [1.29, 1.82) is 0 Å². The summed E-state index contributed by atoms with van der Waals surface area (Å²) in [5.41, 5.74) is 0. The van der Waals surface area contributed by atoms with Crippen LogP contribution in [0.2, 0.25) is 0 Å². The molecule has 17 heavy (non-hydrogen) atoms. The first kappa shape index (κ1) is 12.1. The molecule has 0 spiro atoms. The topological polar surface area (TPSA) is 46.2 Å². The minimum absolute atomic E-state index is 0.166. The van der Waals surface area contributed by atoms with Gasteiger partial charge in [-0.25, -0.2) is 13.1 Å². The molecule has 0 radical (unpaired) electrons. The molecule has 2 aliphatic rings. The molecule has 3 atom stereocenters. The lowest BCUT2D eigenvalue weighted by molar-refractivity contribution is 0.390. The maximum atomic E-state index is 12.2. The number of sulfonamides is 1. The van der Waals surface area contributed by atoms with Gasteiger partial charge in [0.15, 0.2) is 0 Å². The third kappa shape index (κ3) is 2.32. The lowest BCUT2D eigenvalue weighted by atomic mass is 9.96. The average molecular weight is 336 g/mol. The van der Waals surface area contributed by atoms with Crippen LogP contribution in [-0.4, -0.2) is 14.5 Å². The van der Waals surface area contributed by atoms with Gasteiger partial charge in [0.05, 0.1) is 3.79 Å². The number of hydrogen-bond donors (Lipinski definition) is 1. The first-order valence-electron chi connectivity index (χ1n) is 5.82. The van der Waals surface area contributed by atoms with E-state index in [4.69, 9.17) is 0 Å². The highest BCUT2D eigenvalue weighted by Gasteiger charge is 2.41. The van der Waals surface area contributed by atoms with Crippen molar-refractivity contribution >= 4 is 37.3 Å². The van der Waals surface area contributed by atoms with Crippen molar-refractivity contribution in [1.82, 2.24) is 4.72 Å². The normalized spacial score (nSPS) is 32.2. The van der Waals surface area contributed by atoms with Crippen LogP contribution in [0.3, 0.4) is 0 Å². The first-order valence-corrected chi connectivity index (χ1v) is 8.91. The highest BCUT2D eigenvalue weighted by Crippen LogP contribution is 2.45. The summed E-state index contributed by atoms with van der Waals surface area (Å²) in [6.45, 7) is 0. The van der Waals surface area contributed by atoms with Crippen LogP contribution >= 0.6 is 27.3 Å². The SMILES string of the molecule is O=S(=O)(N[C@@H]1C[C@@H]2CC[C@@H]1C2)c1ccc(Br)s1. The number of fused-ring (bicyclic) bond motifs is 2. The summed E-state index contributed by atoms with van der Waals surface area (Å²) in [4.78, 5) is 0. The molecule has 3 rings (SSSR count). The molecule has 0 amide bonds. The smallest absolute Gasteiger partial charge is 0.207 e. The summed E-state index contributed by atoms with van der Waals surface area (Å²) in [6, 6.07) is 3.60. The fourth-order valence-corrected chi connectivity index (χ4v) is 6.43. The highest BCUT2D eigenvalue weighted by atomic mass is 79.9. The number of thiophene rings is 1. The van der Waals surface area contributed by atoms with Crippen LogP contribution in [0.5, 0.6) is 0 Å². The molecule has 1 heterocycles. The van der Waals surface area contributed by atoms with E-state index in [-0.39, 0.29) is 6.04 Å². The molecular formula is C11H14BrNO2S2. The maximum absolute atomic E-state index is 12.2. The zero-order valence-electron chi connectivity index (χ0n) is 9.23. The molecule has 0 aliphatic heterocycles. The molecular weight excluding hydrogens is 322 g/mol. The van der Waals surface area contributed by atoms with Crippen LogP contribution in [0, 0.1) is 11.8 Å². The van der Waals surface area contributed by atoms with Gasteiger partial charge in [0.1, 0.15) is 4.21 Å². The van der Waals surface area contributed by atoms with Crippen molar-refractivity contribution in [3.8, 4) is 0 Å². The third-order valence-electron chi connectivity index (χ3n) is 3.86. The lowest BCUT2D eigenvalue weighted by Crippen LogP contribution is -2.38. The Morgan fingerprint density at radius 2 is 2.12 bits per heavy atom. The number of nitrogens with one attached hydrogen (secondary N) is 1. The minimum Gasteiger partial charge on any atom is -0.207 e. The Hall–Kier alpha value is 0.0900. The Labute approximate surface area is 114 Å². The van der Waals surface area contributed by atoms with Gasteiger partial charge in [0.25, 0.3) is 0 Å². The highest BCUT2D eigenvalue weighted by molar-refractivity contribution is 9.11. The molecule has 3 nitrogen and oxygen atoms in total. The zero-order chi connectivity index (χ0) is 12.0. The average Bonchev–Trinajstić information content (AvgIpc) is 2.92. The molecule has 2 bridgehead atoms. The second kappa shape index (κ2) is 4.33. The third-order valence-corrected chi connectivity index (χ3v) is 7.46. The zero-order valence-corrected chi connectivity index (χ0v) is 12.4. The predicted octanol–water partition coefficient (Wildman–Crippen LogP) is 2.98. The van der Waals surface area contributed by atoms with Crippen LogP contribution in [0.25, 0.3) is 0 Å². The Kier molecular flexibility index (Phi) is 3.09. The van der Waals surface area contributed by atoms with Crippen molar-refractivity contribution in [3.63, 3.8) is 0 Å². The molecule has 0 saturated heterocycles. The molecule has 2 fully saturated rings. The van der Waals surface area contributed by atoms with E-state index in [0.29, 0.717) is 10.1 Å². The summed E-state index contributed by atoms with van der Waals surface area (Å²) in [5.74, 6) is 1.32. The van der Waals surface area contributed by atoms with Crippen LogP contribution in [-0.2, 0) is 10.0 Å². The second-order valence-corrected chi connectivity index (χ2v) is 9.37. The summed E-state index contributed by atoms with van der Waals surface area (Å²) in [5, 5.41) is 0. The molecule has 94 valence electrons. The molecule has 0 aromatic carbocycles. The van der Waals surface area contributed by atoms with Crippen LogP contribution in [0.1, 0.15) is 25.7 Å². The van der Waals surface area contributed by atoms with Crippen LogP contribution in [0.15, 0.2) is 20.1 Å². The van der Waals surface area contributed by atoms with E-state index in [1.54, 1.807) is 12.1 Å². The van der Waals surface area contributed by atoms with Gasteiger partial charge in [-0.3, -0.25) is 0 Å². The van der Waals surface area contributed by atoms with Crippen molar-refractivity contribution < 1.29 is 8.42 Å². The predicted molar refractivity (Wildman–Crippen MR) is 71.6 cm³/mol. The fourth-order valence-electron chi connectivity index (χ4n) is 3.09. The summed E-state index contributed by atoms with van der Waals surface area (Å²) in [7, 11) is -3.31. The van der Waals surface area contributed by atoms with Crippen molar-refractivity contribution in [2.45, 2.75) is 35.9 Å². The van der Waals surface area contributed by atoms with Gasteiger partial charge < -0.3 is 0 Å². The standard InChI is InChI=1S/C11H14BrNO2S2/c12-10-3-4-11(16-10)17(14,15)13-9-6-7-1-2-8(9)5-7/h3-4,7-9,13H,1-2,5-6H2/t7-,8-,9-/m1/s1. The van der Waals surface area contributed by atoms with Crippen molar-refractivity contribution in [2.75, 3.05) is 0 Å². The van der Waals surface area contributed by atoms with Crippen LogP contribution in [0.4, 0.5) is 0 Å². The van der Waals surface area contributed by atoms with E-state index in [9.17, 15) is 8.42 Å². The van der Waals surface area contributed by atoms with E-state index >= 15 is 0 Å². The van der Waals surface area contributed by atoms with Gasteiger partial charge in [0.2, 0.25) is 10.0 Å². The molecule has 2 saturated carbocycles. The quantitative estimate of drug-likeness (QED) is 0.922. The number of rotatable bonds is 3. The minimum atomic E-state index is -3.31. The van der Waals surface area contributed by atoms with E-state index in [1.165, 1.54) is 30.6 Å². The Balaban J connectivity index is 1.76. The molecule has 6 heteroatoms. The maximum Gasteiger partial charge on any atom is 0.250 e. The van der Waals surface area contributed by atoms with Gasteiger partial charge in [-0.2, -0.15) is 0 Å². The summed E-state index contributed by atoms with van der Waals surface area (Å²) >= 11 is 4.56. The molecule has 2 aliphatic carbocycles. The van der Waals surface area contributed by atoms with Gasteiger partial charge >= 0.3 is 0 Å². The van der Waals surface area contributed by atoms with E-state index < -0.39 is 10.0 Å². The molecule has 0 unspecified atom stereocenters. The molecule has 1 aromatic rings. The van der Waals surface area contributed by atoms with Crippen LogP contribution < -0.4 is 4.72 Å². The lowest BCUT2D eigenvalue weighted by Gasteiger charge is -2.22. The molecule has 1 N–H and O–H groups in total. The summed E-state index contributed by atoms with van der Waals surface area (Å²) < 4.78 is 28.5. The van der Waals surface area contributed by atoms with Gasteiger partial charge in [-0.05, 0) is 59.2 Å². The number of hydrogen-bond acceptors (Lipinski definition) is 3. The van der Waals surface area contributed by atoms with E-state index in [2.05, 4.69) is 20.7 Å². The monoisotopic (exact) mass is 335 g/mol. The Bertz CT molecular complexity index is 525. The second-order valence-electron chi connectivity index (χ2n) is 4.96. The Morgan fingerprint density at radius 1 is 1.29 bits per heavy atom. The Morgan fingerprint density at radius 3 is 2.65 bits per heavy atom. The van der Waals surface area contributed by atoms with Crippen molar-refractivity contribution in [3.05, 3.63) is 15.9 Å². The van der Waals surface area contributed by atoms with Gasteiger partial charge in [-0.15, -0.1) is 11.3 Å². The van der Waals surface area contributed by atoms with E-state index in [1.807, 2.05) is 0 Å². The number of halogens is 1. The fraction of sp³-hybridized carbons (Fsp3) is 0.636. The largest absolute Gasteiger partial charge is 0.250 e. The first-order chi connectivity index (χ1) is 8.04. The van der Waals surface area contributed by atoms with Gasteiger partial charge in [0, 0.05) is 6.04 Å². The van der Waals surface area contributed by atoms with Gasteiger partial charge in [-0.1, -0.05) is 6.42 Å². The summed E-state index contributed by atoms with van der Waals surface area (Å²) in [6.07, 6.45) is 4.71. The van der Waals surface area contributed by atoms with E-state index in [0.717, 1.165) is 16.1 Å². The van der Waals surface area contributed by atoms with Crippen molar-refractivity contribution in [2.24, 2.45) is 11.8 Å². The molecule has 1 aromatic heterocycles.